The van der Waals surface area contributed by atoms with Crippen molar-refractivity contribution in [1.82, 2.24) is 15.6 Å². The Balaban J connectivity index is 0.00000364. The molecule has 1 aromatic rings. The monoisotopic (exact) mass is 489 g/mol. The number of anilines is 1. The van der Waals surface area contributed by atoms with Gasteiger partial charge in [-0.3, -0.25) is 4.99 Å². The highest BCUT2D eigenvalue weighted by Crippen LogP contribution is 2.17. The summed E-state index contributed by atoms with van der Waals surface area (Å²) < 4.78 is 5.79. The van der Waals surface area contributed by atoms with Gasteiger partial charge in [-0.15, -0.1) is 24.0 Å². The van der Waals surface area contributed by atoms with Gasteiger partial charge in [-0.1, -0.05) is 19.9 Å². The summed E-state index contributed by atoms with van der Waals surface area (Å²) in [5.41, 5.74) is 1.16. The van der Waals surface area contributed by atoms with Crippen LogP contribution in [0.15, 0.2) is 23.3 Å². The van der Waals surface area contributed by atoms with Gasteiger partial charge in [0.1, 0.15) is 5.82 Å². The molecule has 1 atom stereocenters. The molecular formula is C20H36IN5O. The molecule has 0 bridgehead atoms. The van der Waals surface area contributed by atoms with Crippen molar-refractivity contribution in [2.75, 3.05) is 38.2 Å². The minimum Gasteiger partial charge on any atom is -0.378 e. The van der Waals surface area contributed by atoms with Crippen molar-refractivity contribution in [3.8, 4) is 0 Å². The molecule has 0 spiro atoms. The molecule has 1 aliphatic heterocycles. The van der Waals surface area contributed by atoms with Gasteiger partial charge in [-0.2, -0.15) is 0 Å². The second kappa shape index (κ2) is 13.1. The van der Waals surface area contributed by atoms with Gasteiger partial charge < -0.3 is 20.3 Å². The molecule has 2 rings (SSSR count). The Kier molecular flexibility index (Phi) is 11.7. The molecule has 0 amide bonds. The number of guanidine groups is 1. The highest BCUT2D eigenvalue weighted by atomic mass is 127. The van der Waals surface area contributed by atoms with E-state index in [1.807, 2.05) is 13.1 Å². The minimum absolute atomic E-state index is 0. The third kappa shape index (κ3) is 8.21. The lowest BCUT2D eigenvalue weighted by Crippen LogP contribution is -2.39. The van der Waals surface area contributed by atoms with Crippen LogP contribution in [0.1, 0.15) is 45.6 Å². The van der Waals surface area contributed by atoms with Crippen LogP contribution in [-0.4, -0.2) is 50.3 Å². The number of aromatic nitrogens is 1. The van der Waals surface area contributed by atoms with Crippen LogP contribution in [0, 0.1) is 5.92 Å². The molecule has 7 heteroatoms. The van der Waals surface area contributed by atoms with Crippen LogP contribution in [0.3, 0.4) is 0 Å². The third-order valence-corrected chi connectivity index (χ3v) is 4.77. The molecule has 0 radical (unpaired) electrons. The van der Waals surface area contributed by atoms with Crippen molar-refractivity contribution in [1.29, 1.82) is 0 Å². The Hall–Kier alpha value is -1.09. The molecule has 1 aliphatic rings. The quantitative estimate of drug-likeness (QED) is 0.316. The van der Waals surface area contributed by atoms with E-state index in [1.54, 1.807) is 7.05 Å². The molecule has 1 fully saturated rings. The largest absolute Gasteiger partial charge is 0.378 e. The Morgan fingerprint density at radius 2 is 2.00 bits per heavy atom. The summed E-state index contributed by atoms with van der Waals surface area (Å²) in [7, 11) is 1.80. The first-order valence-corrected chi connectivity index (χ1v) is 9.90. The lowest BCUT2D eigenvalue weighted by Gasteiger charge is -2.21. The first-order chi connectivity index (χ1) is 12.6. The summed E-state index contributed by atoms with van der Waals surface area (Å²) in [5.74, 6) is 2.42. The molecule has 1 unspecified atom stereocenters. The maximum atomic E-state index is 5.79. The normalized spacial score (nSPS) is 15.6. The van der Waals surface area contributed by atoms with Gasteiger partial charge in [0, 0.05) is 46.0 Å². The molecule has 6 nitrogen and oxygen atoms in total. The highest BCUT2D eigenvalue weighted by Gasteiger charge is 2.14. The second-order valence-electron chi connectivity index (χ2n) is 7.10. The average molecular weight is 489 g/mol. The molecule has 2 N–H and O–H groups in total. The van der Waals surface area contributed by atoms with Gasteiger partial charge >= 0.3 is 0 Å². The molecule has 0 saturated carbocycles. The first-order valence-electron chi connectivity index (χ1n) is 9.90. The average Bonchev–Trinajstić information content (AvgIpc) is 3.18. The summed E-state index contributed by atoms with van der Waals surface area (Å²) in [5, 5.41) is 6.72. The smallest absolute Gasteiger partial charge is 0.191 e. The highest BCUT2D eigenvalue weighted by molar-refractivity contribution is 14.0. The lowest BCUT2D eigenvalue weighted by atomic mass is 10.0. The Morgan fingerprint density at radius 3 is 2.56 bits per heavy atom. The van der Waals surface area contributed by atoms with Crippen molar-refractivity contribution < 1.29 is 4.74 Å². The predicted molar refractivity (Wildman–Crippen MR) is 124 cm³/mol. The molecule has 154 valence electrons. The van der Waals surface area contributed by atoms with E-state index in [4.69, 9.17) is 4.74 Å². The second-order valence-corrected chi connectivity index (χ2v) is 7.10. The minimum atomic E-state index is 0. The van der Waals surface area contributed by atoms with E-state index in [9.17, 15) is 0 Å². The van der Waals surface area contributed by atoms with Crippen LogP contribution in [0.25, 0.3) is 0 Å². The van der Waals surface area contributed by atoms with Gasteiger partial charge in [-0.05, 0) is 43.7 Å². The third-order valence-electron chi connectivity index (χ3n) is 4.77. The fourth-order valence-corrected chi connectivity index (χ4v) is 3.22. The van der Waals surface area contributed by atoms with Crippen molar-refractivity contribution >= 4 is 35.8 Å². The van der Waals surface area contributed by atoms with E-state index in [1.165, 1.54) is 12.8 Å². The van der Waals surface area contributed by atoms with Crippen molar-refractivity contribution in [2.24, 2.45) is 10.9 Å². The molecule has 0 aromatic carbocycles. The summed E-state index contributed by atoms with van der Waals surface area (Å²) in [4.78, 5) is 11.2. The van der Waals surface area contributed by atoms with Crippen LogP contribution in [0.4, 0.5) is 5.82 Å². The standard InChI is InChI=1S/C20H35N5O.HI/c1-5-26-18(16(2)3)10-11-22-20(21-4)24-15-17-8-9-19(23-14-17)25-12-6-7-13-25;/h8-9,14,16,18H,5-7,10-13,15H2,1-4H3,(H2,21,22,24);1H. The number of hydrogen-bond donors (Lipinski definition) is 2. The zero-order valence-electron chi connectivity index (χ0n) is 17.2. The van der Waals surface area contributed by atoms with Crippen LogP contribution in [0.5, 0.6) is 0 Å². The summed E-state index contributed by atoms with van der Waals surface area (Å²) in [6, 6.07) is 4.26. The number of aliphatic imine (C=N–C) groups is 1. The summed E-state index contributed by atoms with van der Waals surface area (Å²) in [6.45, 7) is 11.0. The van der Waals surface area contributed by atoms with Gasteiger partial charge in [0.2, 0.25) is 0 Å². The Bertz CT molecular complexity index is 544. The number of pyridine rings is 1. The van der Waals surface area contributed by atoms with Crippen LogP contribution in [0.2, 0.25) is 0 Å². The number of nitrogens with zero attached hydrogens (tertiary/aromatic N) is 3. The fraction of sp³-hybridized carbons (Fsp3) is 0.700. The van der Waals surface area contributed by atoms with Crippen molar-refractivity contribution in [2.45, 2.75) is 52.7 Å². The van der Waals surface area contributed by atoms with Gasteiger partial charge in [0.05, 0.1) is 6.10 Å². The van der Waals surface area contributed by atoms with Crippen LogP contribution in [-0.2, 0) is 11.3 Å². The van der Waals surface area contributed by atoms with E-state index in [-0.39, 0.29) is 30.1 Å². The Morgan fingerprint density at radius 1 is 1.26 bits per heavy atom. The summed E-state index contributed by atoms with van der Waals surface area (Å²) in [6.07, 6.45) is 5.76. The fourth-order valence-electron chi connectivity index (χ4n) is 3.22. The van der Waals surface area contributed by atoms with E-state index in [0.717, 1.165) is 50.0 Å². The van der Waals surface area contributed by atoms with Crippen LogP contribution >= 0.6 is 24.0 Å². The molecule has 1 saturated heterocycles. The van der Waals surface area contributed by atoms with Crippen molar-refractivity contribution in [3.05, 3.63) is 23.9 Å². The molecule has 2 heterocycles. The molecular weight excluding hydrogens is 453 g/mol. The van der Waals surface area contributed by atoms with E-state index >= 15 is 0 Å². The summed E-state index contributed by atoms with van der Waals surface area (Å²) >= 11 is 0. The van der Waals surface area contributed by atoms with E-state index in [2.05, 4.69) is 51.5 Å². The number of nitrogens with one attached hydrogen (secondary N) is 2. The topological polar surface area (TPSA) is 61.8 Å². The number of hydrogen-bond acceptors (Lipinski definition) is 4. The number of rotatable bonds is 9. The van der Waals surface area contributed by atoms with Gasteiger partial charge in [-0.25, -0.2) is 4.98 Å². The number of halogens is 1. The van der Waals surface area contributed by atoms with Crippen molar-refractivity contribution in [3.63, 3.8) is 0 Å². The predicted octanol–water partition coefficient (Wildman–Crippen LogP) is 3.42. The SMILES string of the molecule is CCOC(CCNC(=NC)NCc1ccc(N2CCCC2)nc1)C(C)C.I. The van der Waals surface area contributed by atoms with Gasteiger partial charge in [0.15, 0.2) is 5.96 Å². The lowest BCUT2D eigenvalue weighted by molar-refractivity contribution is 0.0258. The van der Waals surface area contributed by atoms with Crippen LogP contribution < -0.4 is 15.5 Å². The Labute approximate surface area is 181 Å². The maximum absolute atomic E-state index is 5.79. The van der Waals surface area contributed by atoms with E-state index in [0.29, 0.717) is 12.5 Å². The van der Waals surface area contributed by atoms with Gasteiger partial charge in [0.25, 0.3) is 0 Å². The zero-order valence-corrected chi connectivity index (χ0v) is 19.5. The maximum Gasteiger partial charge on any atom is 0.191 e. The number of ether oxygens (including phenoxy) is 1. The molecule has 0 aliphatic carbocycles. The van der Waals surface area contributed by atoms with E-state index < -0.39 is 0 Å². The first kappa shape index (κ1) is 23.9. The zero-order chi connectivity index (χ0) is 18.8. The molecule has 27 heavy (non-hydrogen) atoms. The molecule has 1 aromatic heterocycles.